The number of hydrogen-bond donors (Lipinski definition) is 1. The molecule has 0 aliphatic carbocycles. The van der Waals surface area contributed by atoms with Crippen LogP contribution in [0.4, 0.5) is 0 Å². The van der Waals surface area contributed by atoms with Gasteiger partial charge in [0, 0.05) is 4.47 Å². The second-order valence-electron chi connectivity index (χ2n) is 4.85. The van der Waals surface area contributed by atoms with Crippen LogP contribution in [0.3, 0.4) is 0 Å². The molecule has 90 valence electrons. The Kier molecular flexibility index (Phi) is 6.07. The Morgan fingerprint density at radius 3 is 2.50 bits per heavy atom. The molecule has 2 heteroatoms. The molecule has 1 aromatic carbocycles. The molecule has 1 aromatic rings. The molecule has 0 aromatic heterocycles. The van der Waals surface area contributed by atoms with Gasteiger partial charge in [-0.1, -0.05) is 48.0 Å². The number of halogens is 1. The van der Waals surface area contributed by atoms with E-state index in [2.05, 4.69) is 59.4 Å². The van der Waals surface area contributed by atoms with E-state index in [4.69, 9.17) is 0 Å². The quantitative estimate of drug-likeness (QED) is 0.836. The molecular weight excluding hydrogens is 262 g/mol. The summed E-state index contributed by atoms with van der Waals surface area (Å²) in [5, 5.41) is 3.30. The van der Waals surface area contributed by atoms with Gasteiger partial charge in [0.15, 0.2) is 0 Å². The number of nitrogens with one attached hydrogen (secondary N) is 1. The largest absolute Gasteiger partial charge is 0.319 e. The normalized spacial score (nSPS) is 13.1. The van der Waals surface area contributed by atoms with Crippen LogP contribution in [0, 0.1) is 11.8 Å². The smallest absolute Gasteiger partial charge is 0.0207 e. The Labute approximate surface area is 108 Å². The third kappa shape index (κ3) is 4.67. The molecule has 1 N–H and O–H groups in total. The summed E-state index contributed by atoms with van der Waals surface area (Å²) in [6, 6.07) is 8.53. The van der Waals surface area contributed by atoms with Crippen molar-refractivity contribution in [2.24, 2.45) is 11.8 Å². The average molecular weight is 284 g/mol. The first-order chi connectivity index (χ1) is 7.63. The van der Waals surface area contributed by atoms with Crippen LogP contribution in [0.5, 0.6) is 0 Å². The van der Waals surface area contributed by atoms with Crippen molar-refractivity contribution in [1.29, 1.82) is 0 Å². The molecule has 0 saturated heterocycles. The lowest BCUT2D eigenvalue weighted by Gasteiger charge is -2.19. The molecule has 16 heavy (non-hydrogen) atoms. The number of hydrogen-bond acceptors (Lipinski definition) is 1. The maximum absolute atomic E-state index is 3.62. The summed E-state index contributed by atoms with van der Waals surface area (Å²) < 4.78 is 1.24. The molecule has 0 bridgehead atoms. The Morgan fingerprint density at radius 1 is 1.25 bits per heavy atom. The summed E-state index contributed by atoms with van der Waals surface area (Å²) in [6.45, 7) is 5.69. The van der Waals surface area contributed by atoms with E-state index in [0.29, 0.717) is 0 Å². The van der Waals surface area contributed by atoms with Crippen molar-refractivity contribution >= 4 is 15.9 Å². The molecule has 1 nitrogen and oxygen atoms in total. The third-order valence-electron chi connectivity index (χ3n) is 2.76. The fourth-order valence-corrected chi connectivity index (χ4v) is 2.62. The Hall–Kier alpha value is -0.340. The zero-order chi connectivity index (χ0) is 12.0. The molecule has 1 atom stereocenters. The van der Waals surface area contributed by atoms with Gasteiger partial charge >= 0.3 is 0 Å². The molecule has 1 rings (SSSR count). The third-order valence-corrected chi connectivity index (χ3v) is 3.54. The molecule has 0 radical (unpaired) electrons. The topological polar surface area (TPSA) is 12.0 Å². The highest BCUT2D eigenvalue weighted by atomic mass is 79.9. The summed E-state index contributed by atoms with van der Waals surface area (Å²) in [6.07, 6.45) is 2.43. The van der Waals surface area contributed by atoms with E-state index >= 15 is 0 Å². The van der Waals surface area contributed by atoms with Crippen LogP contribution in [0.15, 0.2) is 28.7 Å². The predicted octanol–water partition coefficient (Wildman–Crippen LogP) is 3.87. The van der Waals surface area contributed by atoms with Crippen LogP contribution in [0.25, 0.3) is 0 Å². The van der Waals surface area contributed by atoms with Crippen LogP contribution < -0.4 is 5.32 Å². The van der Waals surface area contributed by atoms with Gasteiger partial charge < -0.3 is 5.32 Å². The van der Waals surface area contributed by atoms with Crippen molar-refractivity contribution < 1.29 is 0 Å². The van der Waals surface area contributed by atoms with Gasteiger partial charge in [0.05, 0.1) is 0 Å². The molecule has 0 aliphatic heterocycles. The minimum atomic E-state index is 0.726. The molecular formula is C14H22BrN. The van der Waals surface area contributed by atoms with E-state index in [0.717, 1.165) is 24.8 Å². The highest BCUT2D eigenvalue weighted by molar-refractivity contribution is 9.10. The van der Waals surface area contributed by atoms with E-state index < -0.39 is 0 Å². The van der Waals surface area contributed by atoms with Crippen LogP contribution in [-0.2, 0) is 6.42 Å². The van der Waals surface area contributed by atoms with Gasteiger partial charge in [-0.05, 0) is 49.9 Å². The first-order valence-electron chi connectivity index (χ1n) is 6.01. The van der Waals surface area contributed by atoms with Gasteiger partial charge in [-0.15, -0.1) is 0 Å². The highest BCUT2D eigenvalue weighted by Crippen LogP contribution is 2.22. The predicted molar refractivity (Wildman–Crippen MR) is 74.7 cm³/mol. The highest BCUT2D eigenvalue weighted by Gasteiger charge is 2.12. The van der Waals surface area contributed by atoms with Gasteiger partial charge in [-0.2, -0.15) is 0 Å². The monoisotopic (exact) mass is 283 g/mol. The lowest BCUT2D eigenvalue weighted by Crippen LogP contribution is -2.22. The Bertz CT molecular complexity index is 309. The summed E-state index contributed by atoms with van der Waals surface area (Å²) >= 11 is 3.62. The van der Waals surface area contributed by atoms with Gasteiger partial charge in [0.2, 0.25) is 0 Å². The Balaban J connectivity index is 2.64. The summed E-state index contributed by atoms with van der Waals surface area (Å²) in [5.41, 5.74) is 1.42. The van der Waals surface area contributed by atoms with Crippen LogP contribution in [0.2, 0.25) is 0 Å². The minimum absolute atomic E-state index is 0.726. The standard InChI is InChI=1S/C14H22BrN/c1-11(2)8-12(10-16-3)9-13-6-4-5-7-14(13)15/h4-7,11-12,16H,8-10H2,1-3H3. The first-order valence-corrected chi connectivity index (χ1v) is 6.80. The fourth-order valence-electron chi connectivity index (χ4n) is 2.17. The first kappa shape index (κ1) is 13.7. The summed E-state index contributed by atoms with van der Waals surface area (Å²) in [4.78, 5) is 0. The van der Waals surface area contributed by atoms with Gasteiger partial charge in [0.1, 0.15) is 0 Å². The molecule has 0 heterocycles. The van der Waals surface area contributed by atoms with Gasteiger partial charge in [-0.25, -0.2) is 0 Å². The number of benzene rings is 1. The lowest BCUT2D eigenvalue weighted by molar-refractivity contribution is 0.395. The zero-order valence-corrected chi connectivity index (χ0v) is 12.0. The molecule has 0 saturated carbocycles. The SMILES string of the molecule is CNCC(Cc1ccccc1Br)CC(C)C. The van der Waals surface area contributed by atoms with Crippen LogP contribution >= 0.6 is 15.9 Å². The molecule has 1 unspecified atom stereocenters. The van der Waals surface area contributed by atoms with Crippen molar-refractivity contribution in [3.05, 3.63) is 34.3 Å². The maximum Gasteiger partial charge on any atom is 0.0207 e. The van der Waals surface area contributed by atoms with E-state index in [1.54, 1.807) is 0 Å². The minimum Gasteiger partial charge on any atom is -0.319 e. The van der Waals surface area contributed by atoms with Gasteiger partial charge in [-0.3, -0.25) is 0 Å². The van der Waals surface area contributed by atoms with Crippen molar-refractivity contribution in [3.63, 3.8) is 0 Å². The Morgan fingerprint density at radius 2 is 1.94 bits per heavy atom. The van der Waals surface area contributed by atoms with E-state index in [1.165, 1.54) is 16.5 Å². The molecule has 0 aliphatic rings. The van der Waals surface area contributed by atoms with Crippen LogP contribution in [-0.4, -0.2) is 13.6 Å². The van der Waals surface area contributed by atoms with Crippen molar-refractivity contribution in [1.82, 2.24) is 5.32 Å². The number of rotatable bonds is 6. The summed E-state index contributed by atoms with van der Waals surface area (Å²) in [5.74, 6) is 1.49. The van der Waals surface area contributed by atoms with Gasteiger partial charge in [0.25, 0.3) is 0 Å². The fraction of sp³-hybridized carbons (Fsp3) is 0.571. The van der Waals surface area contributed by atoms with E-state index in [9.17, 15) is 0 Å². The second kappa shape index (κ2) is 7.08. The lowest BCUT2D eigenvalue weighted by atomic mass is 9.91. The summed E-state index contributed by atoms with van der Waals surface area (Å²) in [7, 11) is 2.04. The van der Waals surface area contributed by atoms with Crippen molar-refractivity contribution in [2.45, 2.75) is 26.7 Å². The van der Waals surface area contributed by atoms with Crippen LogP contribution in [0.1, 0.15) is 25.8 Å². The van der Waals surface area contributed by atoms with Crippen molar-refractivity contribution in [2.75, 3.05) is 13.6 Å². The molecule has 0 spiro atoms. The maximum atomic E-state index is 3.62. The second-order valence-corrected chi connectivity index (χ2v) is 5.70. The zero-order valence-electron chi connectivity index (χ0n) is 10.5. The average Bonchev–Trinajstić information content (AvgIpc) is 2.21. The van der Waals surface area contributed by atoms with E-state index in [1.807, 2.05) is 7.05 Å². The van der Waals surface area contributed by atoms with E-state index in [-0.39, 0.29) is 0 Å². The molecule has 0 fully saturated rings. The molecule has 0 amide bonds. The van der Waals surface area contributed by atoms with Crippen molar-refractivity contribution in [3.8, 4) is 0 Å².